The maximum atomic E-state index is 12.9. The Morgan fingerprint density at radius 2 is 1.56 bits per heavy atom. The van der Waals surface area contributed by atoms with Gasteiger partial charge in [-0.15, -0.1) is 0 Å². The average Bonchev–Trinajstić information content (AvgIpc) is 2.91. The largest absolute Gasteiger partial charge is 0.361 e. The zero-order valence-corrected chi connectivity index (χ0v) is 15.1. The quantitative estimate of drug-likeness (QED) is 0.660. The molecule has 4 heteroatoms. The first-order valence-electron chi connectivity index (χ1n) is 8.18. The van der Waals surface area contributed by atoms with Crippen molar-refractivity contribution < 1.29 is 4.79 Å². The number of hydrogen-bond donors (Lipinski definition) is 1. The summed E-state index contributed by atoms with van der Waals surface area (Å²) < 4.78 is 1.03. The lowest BCUT2D eigenvalue weighted by Crippen LogP contribution is -2.31. The molecule has 0 fully saturated rings. The van der Waals surface area contributed by atoms with Gasteiger partial charge in [0.25, 0.3) is 5.91 Å². The van der Waals surface area contributed by atoms with Crippen LogP contribution in [0.25, 0.3) is 0 Å². The van der Waals surface area contributed by atoms with Crippen molar-refractivity contribution in [2.24, 2.45) is 0 Å². The van der Waals surface area contributed by atoms with Crippen molar-refractivity contribution >= 4 is 27.5 Å². The van der Waals surface area contributed by atoms with Crippen LogP contribution in [0.3, 0.4) is 0 Å². The minimum Gasteiger partial charge on any atom is -0.361 e. The number of benzene rings is 3. The second-order valence-electron chi connectivity index (χ2n) is 6.06. The molecule has 1 amide bonds. The molecule has 1 aliphatic rings. The number of halogens is 1. The van der Waals surface area contributed by atoms with Crippen LogP contribution in [0.1, 0.15) is 27.7 Å². The molecular formula is C21H17BrN2O. The van der Waals surface area contributed by atoms with Crippen LogP contribution in [0.2, 0.25) is 0 Å². The molecule has 0 radical (unpaired) electrons. The standard InChI is InChI=1S/C21H17BrN2O/c22-16-10-12-17(13-11-16)23-20-18-8-4-5-9-19(18)21(25)24(20)14-15-6-2-1-3-7-15/h1-13,20,23H,14H2. The van der Waals surface area contributed by atoms with Gasteiger partial charge < -0.3 is 10.2 Å². The van der Waals surface area contributed by atoms with Gasteiger partial charge in [0.1, 0.15) is 6.17 Å². The van der Waals surface area contributed by atoms with Crippen molar-refractivity contribution in [1.82, 2.24) is 4.90 Å². The summed E-state index contributed by atoms with van der Waals surface area (Å²) in [5.74, 6) is 0.0639. The van der Waals surface area contributed by atoms with Gasteiger partial charge in [-0.2, -0.15) is 0 Å². The van der Waals surface area contributed by atoms with Crippen LogP contribution in [0, 0.1) is 0 Å². The lowest BCUT2D eigenvalue weighted by molar-refractivity contribution is 0.0729. The minimum absolute atomic E-state index is 0.0639. The molecule has 124 valence electrons. The van der Waals surface area contributed by atoms with Gasteiger partial charge in [0, 0.05) is 27.8 Å². The Morgan fingerprint density at radius 3 is 2.32 bits per heavy atom. The zero-order chi connectivity index (χ0) is 17.2. The van der Waals surface area contributed by atoms with Crippen molar-refractivity contribution in [2.75, 3.05) is 5.32 Å². The van der Waals surface area contributed by atoms with E-state index in [4.69, 9.17) is 0 Å². The number of carbonyl (C=O) groups is 1. The van der Waals surface area contributed by atoms with Crippen LogP contribution in [-0.2, 0) is 6.54 Å². The first kappa shape index (κ1) is 15.9. The van der Waals surface area contributed by atoms with E-state index in [0.717, 1.165) is 26.9 Å². The Hall–Kier alpha value is -2.59. The summed E-state index contributed by atoms with van der Waals surface area (Å²) in [5.41, 5.74) is 3.89. The van der Waals surface area contributed by atoms with Crippen molar-refractivity contribution in [1.29, 1.82) is 0 Å². The molecule has 0 aromatic heterocycles. The number of nitrogens with one attached hydrogen (secondary N) is 1. The SMILES string of the molecule is O=C1c2ccccc2C(Nc2ccc(Br)cc2)N1Cc1ccccc1. The van der Waals surface area contributed by atoms with E-state index in [1.165, 1.54) is 0 Å². The van der Waals surface area contributed by atoms with Gasteiger partial charge in [-0.25, -0.2) is 0 Å². The molecule has 4 rings (SSSR count). The van der Waals surface area contributed by atoms with Gasteiger partial charge in [0.2, 0.25) is 0 Å². The van der Waals surface area contributed by atoms with Crippen LogP contribution < -0.4 is 5.32 Å². The Kier molecular flexibility index (Phi) is 4.28. The summed E-state index contributed by atoms with van der Waals surface area (Å²) in [6, 6.07) is 25.9. The van der Waals surface area contributed by atoms with Crippen LogP contribution >= 0.6 is 15.9 Å². The maximum absolute atomic E-state index is 12.9. The molecule has 1 heterocycles. The fourth-order valence-electron chi connectivity index (χ4n) is 3.17. The van der Waals surface area contributed by atoms with Crippen LogP contribution in [0.4, 0.5) is 5.69 Å². The summed E-state index contributed by atoms with van der Waals surface area (Å²) >= 11 is 3.46. The predicted molar refractivity (Wildman–Crippen MR) is 103 cm³/mol. The number of rotatable bonds is 4. The van der Waals surface area contributed by atoms with Gasteiger partial charge >= 0.3 is 0 Å². The molecule has 0 saturated carbocycles. The molecule has 3 aromatic rings. The number of anilines is 1. The Balaban J connectivity index is 1.68. The van der Waals surface area contributed by atoms with Gasteiger partial charge in [-0.05, 0) is 35.9 Å². The third kappa shape index (κ3) is 3.17. The first-order valence-corrected chi connectivity index (χ1v) is 8.97. The summed E-state index contributed by atoms with van der Waals surface area (Å²) in [6.07, 6.45) is -0.176. The molecule has 0 bridgehead atoms. The number of fused-ring (bicyclic) bond motifs is 1. The van der Waals surface area contributed by atoms with Gasteiger partial charge in [0.15, 0.2) is 0 Å². The zero-order valence-electron chi connectivity index (χ0n) is 13.5. The minimum atomic E-state index is -0.176. The van der Waals surface area contributed by atoms with Crippen molar-refractivity contribution in [3.05, 3.63) is 100 Å². The highest BCUT2D eigenvalue weighted by Crippen LogP contribution is 2.35. The maximum Gasteiger partial charge on any atom is 0.256 e. The van der Waals surface area contributed by atoms with Gasteiger partial charge in [-0.3, -0.25) is 4.79 Å². The molecular weight excluding hydrogens is 376 g/mol. The molecule has 0 saturated heterocycles. The van der Waals surface area contributed by atoms with E-state index in [2.05, 4.69) is 21.2 Å². The monoisotopic (exact) mass is 392 g/mol. The second-order valence-corrected chi connectivity index (χ2v) is 6.98. The number of nitrogens with zero attached hydrogens (tertiary/aromatic N) is 1. The Labute approximate surface area is 155 Å². The molecule has 1 atom stereocenters. The third-order valence-electron chi connectivity index (χ3n) is 4.40. The first-order chi connectivity index (χ1) is 12.2. The smallest absolute Gasteiger partial charge is 0.256 e. The highest BCUT2D eigenvalue weighted by Gasteiger charge is 2.36. The van der Waals surface area contributed by atoms with Crippen LogP contribution in [0.5, 0.6) is 0 Å². The lowest BCUT2D eigenvalue weighted by atomic mass is 10.1. The number of hydrogen-bond acceptors (Lipinski definition) is 2. The van der Waals surface area contributed by atoms with Crippen molar-refractivity contribution in [2.45, 2.75) is 12.7 Å². The van der Waals surface area contributed by atoms with E-state index in [0.29, 0.717) is 6.54 Å². The average molecular weight is 393 g/mol. The van der Waals surface area contributed by atoms with E-state index < -0.39 is 0 Å². The Morgan fingerprint density at radius 1 is 0.880 bits per heavy atom. The van der Waals surface area contributed by atoms with E-state index >= 15 is 0 Å². The summed E-state index contributed by atoms with van der Waals surface area (Å²) in [5, 5.41) is 3.51. The number of carbonyl (C=O) groups excluding carboxylic acids is 1. The molecule has 3 nitrogen and oxygen atoms in total. The van der Waals surface area contributed by atoms with E-state index in [1.807, 2.05) is 83.8 Å². The van der Waals surface area contributed by atoms with Crippen molar-refractivity contribution in [3.63, 3.8) is 0 Å². The third-order valence-corrected chi connectivity index (χ3v) is 4.93. The van der Waals surface area contributed by atoms with E-state index in [9.17, 15) is 4.79 Å². The lowest BCUT2D eigenvalue weighted by Gasteiger charge is -2.27. The molecule has 3 aromatic carbocycles. The molecule has 25 heavy (non-hydrogen) atoms. The van der Waals surface area contributed by atoms with Gasteiger partial charge in [0.05, 0.1) is 0 Å². The molecule has 1 unspecified atom stereocenters. The molecule has 1 N–H and O–H groups in total. The summed E-state index contributed by atoms with van der Waals surface area (Å²) in [4.78, 5) is 14.8. The normalized spacial score (nSPS) is 16.0. The van der Waals surface area contributed by atoms with Crippen molar-refractivity contribution in [3.8, 4) is 0 Å². The predicted octanol–water partition coefficient (Wildman–Crippen LogP) is 5.22. The summed E-state index contributed by atoms with van der Waals surface area (Å²) in [6.45, 7) is 0.572. The molecule has 0 aliphatic carbocycles. The molecule has 0 spiro atoms. The van der Waals surface area contributed by atoms with Crippen LogP contribution in [0.15, 0.2) is 83.3 Å². The topological polar surface area (TPSA) is 32.3 Å². The molecule has 1 aliphatic heterocycles. The number of amides is 1. The summed E-state index contributed by atoms with van der Waals surface area (Å²) in [7, 11) is 0. The Bertz CT molecular complexity index is 893. The fraction of sp³-hybridized carbons (Fsp3) is 0.0952. The second kappa shape index (κ2) is 6.73. The highest BCUT2D eigenvalue weighted by molar-refractivity contribution is 9.10. The van der Waals surface area contributed by atoms with E-state index in [-0.39, 0.29) is 12.1 Å². The highest BCUT2D eigenvalue weighted by atomic mass is 79.9. The van der Waals surface area contributed by atoms with Crippen LogP contribution in [-0.4, -0.2) is 10.8 Å². The fourth-order valence-corrected chi connectivity index (χ4v) is 3.44. The van der Waals surface area contributed by atoms with Gasteiger partial charge in [-0.1, -0.05) is 64.5 Å². The van der Waals surface area contributed by atoms with E-state index in [1.54, 1.807) is 0 Å².